The van der Waals surface area contributed by atoms with Crippen molar-refractivity contribution in [1.82, 2.24) is 4.98 Å². The van der Waals surface area contributed by atoms with E-state index in [9.17, 15) is 14.7 Å². The smallest absolute Gasteiger partial charge is 0.164 e. The zero-order chi connectivity index (χ0) is 16.8. The number of carbonyl (C=O) groups excluding carboxylic acids is 2. The van der Waals surface area contributed by atoms with Crippen LogP contribution in [0.25, 0.3) is 0 Å². The molecule has 1 atom stereocenters. The summed E-state index contributed by atoms with van der Waals surface area (Å²) in [6.45, 7) is 3.95. The number of benzene rings is 1. The van der Waals surface area contributed by atoms with Crippen LogP contribution >= 0.6 is 0 Å². The Labute approximate surface area is 136 Å². The fourth-order valence-electron chi connectivity index (χ4n) is 2.49. The summed E-state index contributed by atoms with van der Waals surface area (Å²) in [5.74, 6) is -0.433. The Morgan fingerprint density at radius 3 is 2.48 bits per heavy atom. The molecule has 1 N–H and O–H groups in total. The fraction of sp³-hybridized carbons (Fsp3) is 0.316. The minimum Gasteiger partial charge on any atom is -0.508 e. The second-order valence-corrected chi connectivity index (χ2v) is 6.05. The summed E-state index contributed by atoms with van der Waals surface area (Å²) >= 11 is 0. The number of aromatic hydroxyl groups is 1. The van der Waals surface area contributed by atoms with Gasteiger partial charge in [-0.05, 0) is 30.2 Å². The minimum atomic E-state index is -0.548. The molecule has 0 fully saturated rings. The molecule has 4 nitrogen and oxygen atoms in total. The number of phenolic OH excluding ortho intramolecular Hbond substituents is 1. The van der Waals surface area contributed by atoms with Crippen LogP contribution in [-0.2, 0) is 4.79 Å². The van der Waals surface area contributed by atoms with Crippen molar-refractivity contribution in [3.05, 3.63) is 59.9 Å². The van der Waals surface area contributed by atoms with Gasteiger partial charge >= 0.3 is 0 Å². The molecule has 0 bridgehead atoms. The summed E-state index contributed by atoms with van der Waals surface area (Å²) in [5, 5.41) is 9.51. The summed E-state index contributed by atoms with van der Waals surface area (Å²) in [6.07, 6.45) is 2.10. The highest BCUT2D eigenvalue weighted by Crippen LogP contribution is 2.25. The molecule has 1 unspecified atom stereocenters. The largest absolute Gasteiger partial charge is 0.508 e. The molecule has 2 aromatic rings. The normalized spacial score (nSPS) is 12.1. The van der Waals surface area contributed by atoms with Gasteiger partial charge < -0.3 is 5.11 Å². The first-order valence-corrected chi connectivity index (χ1v) is 7.73. The monoisotopic (exact) mass is 311 g/mol. The van der Waals surface area contributed by atoms with Gasteiger partial charge in [-0.1, -0.05) is 32.0 Å². The molecule has 0 amide bonds. The van der Waals surface area contributed by atoms with E-state index in [1.54, 1.807) is 30.5 Å². The lowest BCUT2D eigenvalue weighted by molar-refractivity contribution is -0.121. The molecular weight excluding hydrogens is 290 g/mol. The van der Waals surface area contributed by atoms with Crippen molar-refractivity contribution in [2.45, 2.75) is 32.6 Å². The summed E-state index contributed by atoms with van der Waals surface area (Å²) < 4.78 is 0. The molecule has 1 heterocycles. The third-order valence-corrected chi connectivity index (χ3v) is 3.60. The zero-order valence-corrected chi connectivity index (χ0v) is 13.4. The number of nitrogens with zero attached hydrogens (tertiary/aromatic N) is 1. The fourth-order valence-corrected chi connectivity index (χ4v) is 2.49. The lowest BCUT2D eigenvalue weighted by Gasteiger charge is -2.16. The number of rotatable bonds is 7. The Kier molecular flexibility index (Phi) is 5.63. The highest BCUT2D eigenvalue weighted by Gasteiger charge is 2.25. The van der Waals surface area contributed by atoms with E-state index in [0.717, 1.165) is 0 Å². The first kappa shape index (κ1) is 16.9. The maximum absolute atomic E-state index is 12.5. The number of phenols is 1. The molecule has 120 valence electrons. The van der Waals surface area contributed by atoms with Crippen LogP contribution in [-0.4, -0.2) is 21.7 Å². The molecule has 0 radical (unpaired) electrons. The van der Waals surface area contributed by atoms with Crippen molar-refractivity contribution in [3.8, 4) is 5.75 Å². The van der Waals surface area contributed by atoms with Crippen LogP contribution < -0.4 is 0 Å². The molecule has 4 heteroatoms. The maximum atomic E-state index is 12.5. The number of ketones is 2. The van der Waals surface area contributed by atoms with Gasteiger partial charge in [0.1, 0.15) is 11.5 Å². The molecule has 2 rings (SSSR count). The van der Waals surface area contributed by atoms with Crippen LogP contribution in [0.15, 0.2) is 48.7 Å². The Balaban J connectivity index is 2.24. The van der Waals surface area contributed by atoms with Gasteiger partial charge in [0.05, 0.1) is 11.6 Å². The second kappa shape index (κ2) is 7.68. The highest BCUT2D eigenvalue weighted by atomic mass is 16.3. The van der Waals surface area contributed by atoms with Crippen LogP contribution in [0.2, 0.25) is 0 Å². The number of pyridine rings is 1. The van der Waals surface area contributed by atoms with Gasteiger partial charge in [0.2, 0.25) is 0 Å². The summed E-state index contributed by atoms with van der Waals surface area (Å²) in [5.41, 5.74) is 1.02. The molecule has 1 aromatic heterocycles. The molecule has 0 saturated heterocycles. The standard InChI is InChI=1S/C19H21NO3/c1-13(2)10-19(23)16(17-8-3-4-9-20-17)12-18(22)14-6-5-7-15(21)11-14/h3-9,11,13,16,21H,10,12H2,1-2H3. The minimum absolute atomic E-state index is 0.0206. The van der Waals surface area contributed by atoms with Crippen LogP contribution in [0.3, 0.4) is 0 Å². The van der Waals surface area contributed by atoms with Gasteiger partial charge in [0.25, 0.3) is 0 Å². The Bertz CT molecular complexity index is 680. The van der Waals surface area contributed by atoms with Crippen molar-refractivity contribution >= 4 is 11.6 Å². The van der Waals surface area contributed by atoms with E-state index in [-0.39, 0.29) is 29.7 Å². The molecule has 0 spiro atoms. The molecule has 0 aliphatic rings. The quantitative estimate of drug-likeness (QED) is 0.791. The molecule has 1 aromatic carbocycles. The van der Waals surface area contributed by atoms with Gasteiger partial charge in [-0.15, -0.1) is 0 Å². The summed E-state index contributed by atoms with van der Waals surface area (Å²) in [4.78, 5) is 29.3. The molecular formula is C19H21NO3. The first-order valence-electron chi connectivity index (χ1n) is 7.73. The molecule has 0 saturated carbocycles. The van der Waals surface area contributed by atoms with Crippen molar-refractivity contribution in [2.75, 3.05) is 0 Å². The van der Waals surface area contributed by atoms with Crippen molar-refractivity contribution in [3.63, 3.8) is 0 Å². The number of Topliss-reactive ketones (excluding diaryl/α,β-unsaturated/α-hetero) is 2. The number of hydrogen-bond acceptors (Lipinski definition) is 4. The summed E-state index contributed by atoms with van der Waals surface area (Å²) in [7, 11) is 0. The number of aromatic nitrogens is 1. The predicted molar refractivity (Wildman–Crippen MR) is 88.5 cm³/mol. The van der Waals surface area contributed by atoms with Gasteiger partial charge in [-0.2, -0.15) is 0 Å². The topological polar surface area (TPSA) is 67.3 Å². The predicted octanol–water partition coefficient (Wildman–Crippen LogP) is 3.76. The van der Waals surface area contributed by atoms with Crippen molar-refractivity contribution in [2.24, 2.45) is 5.92 Å². The average molecular weight is 311 g/mol. The van der Waals surface area contributed by atoms with Gasteiger partial charge in [0, 0.05) is 24.6 Å². The summed E-state index contributed by atoms with van der Waals surface area (Å²) in [6, 6.07) is 11.6. The van der Waals surface area contributed by atoms with E-state index in [1.807, 2.05) is 19.9 Å². The van der Waals surface area contributed by atoms with Crippen LogP contribution in [0.5, 0.6) is 5.75 Å². The Hall–Kier alpha value is -2.49. The lowest BCUT2D eigenvalue weighted by atomic mass is 9.87. The van der Waals surface area contributed by atoms with Crippen molar-refractivity contribution in [1.29, 1.82) is 0 Å². The highest BCUT2D eigenvalue weighted by molar-refractivity contribution is 6.00. The van der Waals surface area contributed by atoms with Crippen LogP contribution in [0.4, 0.5) is 0 Å². The van der Waals surface area contributed by atoms with Gasteiger partial charge in [-0.25, -0.2) is 0 Å². The zero-order valence-electron chi connectivity index (χ0n) is 13.4. The van der Waals surface area contributed by atoms with Crippen LogP contribution in [0.1, 0.15) is 48.7 Å². The van der Waals surface area contributed by atoms with Gasteiger partial charge in [-0.3, -0.25) is 14.6 Å². The number of carbonyl (C=O) groups is 2. The number of hydrogen-bond donors (Lipinski definition) is 1. The van der Waals surface area contributed by atoms with Crippen molar-refractivity contribution < 1.29 is 14.7 Å². The van der Waals surface area contributed by atoms with E-state index in [2.05, 4.69) is 4.98 Å². The second-order valence-electron chi connectivity index (χ2n) is 6.05. The van der Waals surface area contributed by atoms with Gasteiger partial charge in [0.15, 0.2) is 5.78 Å². The Morgan fingerprint density at radius 2 is 1.87 bits per heavy atom. The Morgan fingerprint density at radius 1 is 1.09 bits per heavy atom. The maximum Gasteiger partial charge on any atom is 0.164 e. The van der Waals surface area contributed by atoms with E-state index >= 15 is 0 Å². The SMILES string of the molecule is CC(C)CC(=O)C(CC(=O)c1cccc(O)c1)c1ccccn1. The first-order chi connectivity index (χ1) is 11.0. The molecule has 23 heavy (non-hydrogen) atoms. The molecule has 0 aliphatic carbocycles. The lowest BCUT2D eigenvalue weighted by Crippen LogP contribution is -2.19. The van der Waals surface area contributed by atoms with E-state index in [1.165, 1.54) is 12.1 Å². The third kappa shape index (κ3) is 4.74. The average Bonchev–Trinajstić information content (AvgIpc) is 2.52. The van der Waals surface area contributed by atoms with Crippen LogP contribution in [0, 0.1) is 5.92 Å². The van der Waals surface area contributed by atoms with E-state index in [0.29, 0.717) is 17.7 Å². The molecule has 0 aliphatic heterocycles. The van der Waals surface area contributed by atoms with E-state index in [4.69, 9.17) is 0 Å². The third-order valence-electron chi connectivity index (χ3n) is 3.60. The van der Waals surface area contributed by atoms with E-state index < -0.39 is 5.92 Å².